The predicted molar refractivity (Wildman–Crippen MR) is 101 cm³/mol. The van der Waals surface area contributed by atoms with E-state index in [9.17, 15) is 9.59 Å². The van der Waals surface area contributed by atoms with E-state index < -0.39 is 5.97 Å². The van der Waals surface area contributed by atoms with Gasteiger partial charge in [-0.05, 0) is 38.1 Å². The van der Waals surface area contributed by atoms with Gasteiger partial charge in [-0.25, -0.2) is 4.79 Å². The van der Waals surface area contributed by atoms with E-state index in [1.165, 1.54) is 10.4 Å². The minimum Gasteiger partial charge on any atom is -0.465 e. The molecule has 2 aromatic heterocycles. The van der Waals surface area contributed by atoms with Crippen molar-refractivity contribution < 1.29 is 14.3 Å². The minimum absolute atomic E-state index is 0.128. The number of hydrogen-bond donors (Lipinski definition) is 2. The number of amides is 2. The Morgan fingerprint density at radius 2 is 2.04 bits per heavy atom. The summed E-state index contributed by atoms with van der Waals surface area (Å²) in [6.07, 6.45) is 5.02. The number of carbonyl (C=O) groups is 2. The molecule has 0 saturated heterocycles. The first kappa shape index (κ1) is 18.5. The summed E-state index contributed by atoms with van der Waals surface area (Å²) in [5.74, 6) is -0.438. The second-order valence-corrected chi connectivity index (χ2v) is 7.29. The Bertz CT molecular complexity index is 770. The summed E-state index contributed by atoms with van der Waals surface area (Å²) in [6, 6.07) is 3.62. The highest BCUT2D eigenvalue weighted by Crippen LogP contribution is 2.35. The molecule has 0 saturated carbocycles. The molecular weight excluding hydrogens is 352 g/mol. The number of fused-ring (bicyclic) bond motifs is 1. The Morgan fingerprint density at radius 1 is 1.27 bits per heavy atom. The number of urea groups is 1. The molecule has 3 rings (SSSR count). The van der Waals surface area contributed by atoms with Crippen molar-refractivity contribution >= 4 is 23.3 Å². The molecule has 0 fully saturated rings. The molecule has 0 aliphatic carbocycles. The smallest absolute Gasteiger partial charge is 0.325 e. The normalized spacial score (nSPS) is 13.9. The summed E-state index contributed by atoms with van der Waals surface area (Å²) < 4.78 is 6.90. The van der Waals surface area contributed by atoms with Crippen molar-refractivity contribution in [2.24, 2.45) is 0 Å². The number of likely N-dealkylation sites (N-methyl/N-ethyl adjacent to an activating group) is 1. The van der Waals surface area contributed by atoms with Crippen LogP contribution < -0.4 is 10.6 Å². The number of rotatable bonds is 6. The van der Waals surface area contributed by atoms with Crippen molar-refractivity contribution in [3.63, 3.8) is 0 Å². The van der Waals surface area contributed by atoms with Gasteiger partial charge in [-0.15, -0.1) is 11.3 Å². The van der Waals surface area contributed by atoms with E-state index in [1.54, 1.807) is 18.3 Å². The van der Waals surface area contributed by atoms with Crippen molar-refractivity contribution in [1.29, 1.82) is 0 Å². The third-order valence-electron chi connectivity index (χ3n) is 4.30. The fourth-order valence-electron chi connectivity index (χ4n) is 3.04. The maximum atomic E-state index is 12.0. The lowest BCUT2D eigenvalue weighted by Crippen LogP contribution is -2.39. The maximum Gasteiger partial charge on any atom is 0.325 e. The van der Waals surface area contributed by atoms with Crippen molar-refractivity contribution in [2.75, 3.05) is 26.7 Å². The van der Waals surface area contributed by atoms with Crippen LogP contribution in [-0.2, 0) is 29.0 Å². The van der Waals surface area contributed by atoms with Crippen molar-refractivity contribution in [3.05, 3.63) is 40.5 Å². The number of carbonyl (C=O) groups excluding carboxylic acids is 2. The van der Waals surface area contributed by atoms with Gasteiger partial charge in [0.2, 0.25) is 0 Å². The van der Waals surface area contributed by atoms with Gasteiger partial charge in [0.15, 0.2) is 0 Å². The molecule has 0 radical (unpaired) electrons. The molecular formula is C18H24N4O3S. The lowest BCUT2D eigenvalue weighted by Gasteiger charge is -2.22. The van der Waals surface area contributed by atoms with Crippen LogP contribution in [0.2, 0.25) is 0 Å². The summed E-state index contributed by atoms with van der Waals surface area (Å²) in [6.45, 7) is 4.28. The molecule has 140 valence electrons. The van der Waals surface area contributed by atoms with Crippen LogP contribution in [-0.4, -0.2) is 48.2 Å². The molecule has 3 heterocycles. The number of nitrogens with zero attached hydrogens (tertiary/aromatic N) is 2. The summed E-state index contributed by atoms with van der Waals surface area (Å²) in [4.78, 5) is 27.0. The summed E-state index contributed by atoms with van der Waals surface area (Å²) in [7, 11) is 2.12. The first-order chi connectivity index (χ1) is 12.6. The number of thiophene rings is 1. The van der Waals surface area contributed by atoms with E-state index in [4.69, 9.17) is 4.74 Å². The zero-order valence-electron chi connectivity index (χ0n) is 15.1. The number of nitrogens with one attached hydrogen (secondary N) is 2. The Hall–Kier alpha value is -2.32. The van der Waals surface area contributed by atoms with E-state index >= 15 is 0 Å². The van der Waals surface area contributed by atoms with Gasteiger partial charge in [0.1, 0.15) is 11.5 Å². The molecule has 0 unspecified atom stereocenters. The largest absolute Gasteiger partial charge is 0.465 e. The topological polar surface area (TPSA) is 75.6 Å². The average molecular weight is 376 g/mol. The Kier molecular flexibility index (Phi) is 5.95. The lowest BCUT2D eigenvalue weighted by molar-refractivity contribution is -0.141. The third-order valence-corrected chi connectivity index (χ3v) is 5.57. The van der Waals surface area contributed by atoms with Gasteiger partial charge in [-0.2, -0.15) is 0 Å². The van der Waals surface area contributed by atoms with Crippen LogP contribution in [0.3, 0.4) is 0 Å². The van der Waals surface area contributed by atoms with E-state index in [0.717, 1.165) is 30.1 Å². The molecule has 0 bridgehead atoms. The lowest BCUT2D eigenvalue weighted by atomic mass is 10.0. The number of esters is 1. The Labute approximate surface area is 156 Å². The van der Waals surface area contributed by atoms with Gasteiger partial charge in [0.05, 0.1) is 6.61 Å². The quantitative estimate of drug-likeness (QED) is 0.755. The van der Waals surface area contributed by atoms with Crippen LogP contribution in [0.1, 0.15) is 22.9 Å². The zero-order chi connectivity index (χ0) is 18.5. The van der Waals surface area contributed by atoms with Crippen molar-refractivity contribution in [2.45, 2.75) is 26.4 Å². The monoisotopic (exact) mass is 376 g/mol. The molecule has 1 aliphatic heterocycles. The van der Waals surface area contributed by atoms with E-state index in [0.29, 0.717) is 13.2 Å². The van der Waals surface area contributed by atoms with Crippen LogP contribution in [0.15, 0.2) is 24.5 Å². The average Bonchev–Trinajstić information content (AvgIpc) is 3.25. The molecule has 2 amide bonds. The van der Waals surface area contributed by atoms with E-state index in [-0.39, 0.29) is 12.6 Å². The van der Waals surface area contributed by atoms with Gasteiger partial charge in [0.25, 0.3) is 0 Å². The molecule has 2 N–H and O–H groups in total. The van der Waals surface area contributed by atoms with Crippen LogP contribution in [0, 0.1) is 0 Å². The zero-order valence-corrected chi connectivity index (χ0v) is 15.9. The van der Waals surface area contributed by atoms with Crippen LogP contribution in [0.4, 0.5) is 4.79 Å². The SMILES string of the molecule is CCOC(=O)CNC(=O)NCc1c(-n2cccc2)sc2c1CCN(C)C2. The van der Waals surface area contributed by atoms with Crippen molar-refractivity contribution in [3.8, 4) is 5.00 Å². The van der Waals surface area contributed by atoms with Gasteiger partial charge < -0.3 is 24.8 Å². The molecule has 1 aliphatic rings. The van der Waals surface area contributed by atoms with Crippen molar-refractivity contribution in [1.82, 2.24) is 20.1 Å². The van der Waals surface area contributed by atoms with E-state index in [1.807, 2.05) is 24.5 Å². The summed E-state index contributed by atoms with van der Waals surface area (Å²) in [5, 5.41) is 6.54. The second-order valence-electron chi connectivity index (χ2n) is 6.21. The molecule has 0 aromatic carbocycles. The fourth-order valence-corrected chi connectivity index (χ4v) is 4.45. The Morgan fingerprint density at radius 3 is 2.77 bits per heavy atom. The fraction of sp³-hybridized carbons (Fsp3) is 0.444. The second kappa shape index (κ2) is 8.37. The highest BCUT2D eigenvalue weighted by atomic mass is 32.1. The number of hydrogen-bond acceptors (Lipinski definition) is 5. The van der Waals surface area contributed by atoms with E-state index in [2.05, 4.69) is 27.1 Å². The molecule has 0 atom stereocenters. The number of aromatic nitrogens is 1. The Balaban J connectivity index is 1.70. The highest BCUT2D eigenvalue weighted by molar-refractivity contribution is 7.14. The minimum atomic E-state index is -0.438. The third kappa shape index (κ3) is 4.25. The molecule has 2 aromatic rings. The van der Waals surface area contributed by atoms with Gasteiger partial charge in [-0.3, -0.25) is 4.79 Å². The molecule has 0 spiro atoms. The summed E-state index contributed by atoms with van der Waals surface area (Å²) >= 11 is 1.78. The summed E-state index contributed by atoms with van der Waals surface area (Å²) in [5.41, 5.74) is 2.49. The number of ether oxygens (including phenoxy) is 1. The maximum absolute atomic E-state index is 12.0. The molecule has 7 nitrogen and oxygen atoms in total. The van der Waals surface area contributed by atoms with Gasteiger partial charge >= 0.3 is 12.0 Å². The molecule has 26 heavy (non-hydrogen) atoms. The highest BCUT2D eigenvalue weighted by Gasteiger charge is 2.23. The predicted octanol–water partition coefficient (Wildman–Crippen LogP) is 1.89. The van der Waals surface area contributed by atoms with Crippen LogP contribution in [0.25, 0.3) is 5.00 Å². The van der Waals surface area contributed by atoms with Gasteiger partial charge in [0, 0.05) is 42.5 Å². The first-order valence-corrected chi connectivity index (χ1v) is 9.52. The van der Waals surface area contributed by atoms with Crippen LogP contribution >= 0.6 is 11.3 Å². The standard InChI is InChI=1S/C18H24N4O3S/c1-3-25-16(23)11-20-18(24)19-10-14-13-6-9-21(2)12-15(13)26-17(14)22-7-4-5-8-22/h4-5,7-8H,3,6,9-12H2,1-2H3,(H2,19,20,24). The van der Waals surface area contributed by atoms with Gasteiger partial charge in [-0.1, -0.05) is 0 Å². The van der Waals surface area contributed by atoms with Crippen LogP contribution in [0.5, 0.6) is 0 Å². The first-order valence-electron chi connectivity index (χ1n) is 8.71. The molecule has 8 heteroatoms.